The van der Waals surface area contributed by atoms with Gasteiger partial charge in [0.1, 0.15) is 6.04 Å². The summed E-state index contributed by atoms with van der Waals surface area (Å²) < 4.78 is 0. The van der Waals surface area contributed by atoms with E-state index in [0.29, 0.717) is 5.56 Å². The zero-order chi connectivity index (χ0) is 11.3. The van der Waals surface area contributed by atoms with E-state index in [1.54, 1.807) is 31.2 Å². The third-order valence-corrected chi connectivity index (χ3v) is 1.92. The lowest BCUT2D eigenvalue weighted by Gasteiger charge is -2.11. The molecule has 0 radical (unpaired) electrons. The molecule has 0 saturated carbocycles. The third kappa shape index (κ3) is 3.07. The fraction of sp³-hybridized carbons (Fsp3) is 0.200. The average molecular weight is 207 g/mol. The molecule has 0 fully saturated rings. The summed E-state index contributed by atoms with van der Waals surface area (Å²) in [6.07, 6.45) is 0. The Morgan fingerprint density at radius 1 is 1.27 bits per heavy atom. The predicted molar refractivity (Wildman–Crippen MR) is 55.7 cm³/mol. The SMILES string of the molecule is C[C@@H](NC(=O)c1ccccc1)C(=O)NN. The molecule has 5 heteroatoms. The Balaban J connectivity index is 2.61. The van der Waals surface area contributed by atoms with E-state index in [1.807, 2.05) is 11.5 Å². The van der Waals surface area contributed by atoms with Crippen LogP contribution in [0.3, 0.4) is 0 Å². The second-order valence-electron chi connectivity index (χ2n) is 3.07. The van der Waals surface area contributed by atoms with Crippen molar-refractivity contribution in [2.75, 3.05) is 0 Å². The molecule has 0 bridgehead atoms. The lowest BCUT2D eigenvalue weighted by atomic mass is 10.2. The first-order valence-corrected chi connectivity index (χ1v) is 4.51. The van der Waals surface area contributed by atoms with Gasteiger partial charge in [0.15, 0.2) is 0 Å². The molecule has 5 nitrogen and oxygen atoms in total. The molecule has 0 saturated heterocycles. The highest BCUT2D eigenvalue weighted by atomic mass is 16.2. The molecule has 0 unspecified atom stereocenters. The van der Waals surface area contributed by atoms with E-state index < -0.39 is 11.9 Å². The molecule has 4 N–H and O–H groups in total. The van der Waals surface area contributed by atoms with E-state index in [2.05, 4.69) is 5.32 Å². The number of amides is 2. The number of rotatable bonds is 3. The van der Waals surface area contributed by atoms with Gasteiger partial charge in [0.25, 0.3) is 11.8 Å². The van der Waals surface area contributed by atoms with Crippen LogP contribution in [0, 0.1) is 0 Å². The number of carbonyl (C=O) groups is 2. The van der Waals surface area contributed by atoms with Crippen LogP contribution in [0.1, 0.15) is 17.3 Å². The van der Waals surface area contributed by atoms with Gasteiger partial charge in [0.05, 0.1) is 0 Å². The Kier molecular flexibility index (Phi) is 3.82. The molecule has 0 aliphatic carbocycles. The summed E-state index contributed by atoms with van der Waals surface area (Å²) >= 11 is 0. The van der Waals surface area contributed by atoms with Crippen LogP contribution in [0.15, 0.2) is 30.3 Å². The fourth-order valence-corrected chi connectivity index (χ4v) is 1.06. The van der Waals surface area contributed by atoms with Crippen LogP contribution >= 0.6 is 0 Å². The molecule has 80 valence electrons. The van der Waals surface area contributed by atoms with Gasteiger partial charge < -0.3 is 5.32 Å². The zero-order valence-corrected chi connectivity index (χ0v) is 8.36. The Labute approximate surface area is 87.6 Å². The van der Waals surface area contributed by atoms with E-state index in [4.69, 9.17) is 5.84 Å². The summed E-state index contributed by atoms with van der Waals surface area (Å²) in [4.78, 5) is 22.6. The monoisotopic (exact) mass is 207 g/mol. The maximum atomic E-state index is 11.5. The molecule has 0 aromatic heterocycles. The first kappa shape index (κ1) is 11.2. The summed E-state index contributed by atoms with van der Waals surface area (Å²) in [6, 6.07) is 8.01. The molecule has 1 rings (SSSR count). The maximum Gasteiger partial charge on any atom is 0.256 e. The van der Waals surface area contributed by atoms with Crippen molar-refractivity contribution < 1.29 is 9.59 Å². The van der Waals surface area contributed by atoms with E-state index in [9.17, 15) is 9.59 Å². The fourth-order valence-electron chi connectivity index (χ4n) is 1.06. The Morgan fingerprint density at radius 3 is 2.40 bits per heavy atom. The number of hydrogen-bond acceptors (Lipinski definition) is 3. The van der Waals surface area contributed by atoms with Crippen LogP contribution in [0.5, 0.6) is 0 Å². The predicted octanol–water partition coefficient (Wildman–Crippen LogP) is -0.205. The molecule has 0 aliphatic rings. The van der Waals surface area contributed by atoms with Gasteiger partial charge in [0, 0.05) is 5.56 Å². The van der Waals surface area contributed by atoms with Gasteiger partial charge in [-0.2, -0.15) is 0 Å². The van der Waals surface area contributed by atoms with Crippen LogP contribution in [0.25, 0.3) is 0 Å². The van der Waals surface area contributed by atoms with Crippen molar-refractivity contribution in [1.82, 2.24) is 10.7 Å². The molecular formula is C10H13N3O2. The average Bonchev–Trinajstić information content (AvgIpc) is 2.29. The van der Waals surface area contributed by atoms with Gasteiger partial charge in [-0.25, -0.2) is 5.84 Å². The van der Waals surface area contributed by atoms with Crippen molar-refractivity contribution in [3.05, 3.63) is 35.9 Å². The van der Waals surface area contributed by atoms with Crippen LogP contribution in [-0.2, 0) is 4.79 Å². The first-order chi connectivity index (χ1) is 7.15. The van der Waals surface area contributed by atoms with E-state index in [-0.39, 0.29) is 5.91 Å². The maximum absolute atomic E-state index is 11.5. The Bertz CT molecular complexity index is 351. The standard InChI is InChI=1S/C10H13N3O2/c1-7(9(14)13-11)12-10(15)8-5-3-2-4-6-8/h2-7H,11H2,1H3,(H,12,15)(H,13,14)/t7-/m1/s1. The Hall–Kier alpha value is -1.88. The molecule has 1 atom stereocenters. The lowest BCUT2D eigenvalue weighted by molar-refractivity contribution is -0.122. The Morgan fingerprint density at radius 2 is 1.87 bits per heavy atom. The molecule has 0 heterocycles. The first-order valence-electron chi connectivity index (χ1n) is 4.51. The second-order valence-corrected chi connectivity index (χ2v) is 3.07. The summed E-state index contributed by atoms with van der Waals surface area (Å²) in [5.74, 6) is 4.21. The minimum absolute atomic E-state index is 0.299. The molecule has 1 aromatic carbocycles. The number of carbonyl (C=O) groups excluding carboxylic acids is 2. The quantitative estimate of drug-likeness (QED) is 0.364. The van der Waals surface area contributed by atoms with Crippen molar-refractivity contribution in [2.24, 2.45) is 5.84 Å². The minimum Gasteiger partial charge on any atom is -0.340 e. The smallest absolute Gasteiger partial charge is 0.256 e. The second kappa shape index (κ2) is 5.11. The van der Waals surface area contributed by atoms with Crippen molar-refractivity contribution >= 4 is 11.8 Å². The highest BCUT2D eigenvalue weighted by Gasteiger charge is 2.14. The summed E-state index contributed by atoms with van der Waals surface area (Å²) in [5, 5.41) is 2.52. The van der Waals surface area contributed by atoms with Gasteiger partial charge in [-0.1, -0.05) is 18.2 Å². The van der Waals surface area contributed by atoms with Crippen LogP contribution < -0.4 is 16.6 Å². The van der Waals surface area contributed by atoms with Crippen molar-refractivity contribution in [3.63, 3.8) is 0 Å². The molecule has 1 aromatic rings. The van der Waals surface area contributed by atoms with Crippen LogP contribution in [0.4, 0.5) is 0 Å². The molecule has 0 spiro atoms. The van der Waals surface area contributed by atoms with Crippen molar-refractivity contribution in [2.45, 2.75) is 13.0 Å². The van der Waals surface area contributed by atoms with Crippen molar-refractivity contribution in [3.8, 4) is 0 Å². The van der Waals surface area contributed by atoms with E-state index in [1.165, 1.54) is 0 Å². The number of benzene rings is 1. The van der Waals surface area contributed by atoms with Gasteiger partial charge in [0.2, 0.25) is 0 Å². The van der Waals surface area contributed by atoms with Gasteiger partial charge in [-0.15, -0.1) is 0 Å². The minimum atomic E-state index is -0.650. The van der Waals surface area contributed by atoms with Crippen LogP contribution in [0.2, 0.25) is 0 Å². The highest BCUT2D eigenvalue weighted by molar-refractivity contribution is 5.97. The van der Waals surface area contributed by atoms with E-state index >= 15 is 0 Å². The summed E-state index contributed by atoms with van der Waals surface area (Å²) in [7, 11) is 0. The van der Waals surface area contributed by atoms with Crippen LogP contribution in [-0.4, -0.2) is 17.9 Å². The summed E-state index contributed by atoms with van der Waals surface area (Å²) in [5.41, 5.74) is 2.48. The number of hydrogen-bond donors (Lipinski definition) is 3. The molecule has 2 amide bonds. The molecule has 0 aliphatic heterocycles. The lowest BCUT2D eigenvalue weighted by Crippen LogP contribution is -2.47. The molecular weight excluding hydrogens is 194 g/mol. The highest BCUT2D eigenvalue weighted by Crippen LogP contribution is 1.98. The van der Waals surface area contributed by atoms with Gasteiger partial charge in [-0.3, -0.25) is 15.0 Å². The topological polar surface area (TPSA) is 84.2 Å². The number of nitrogens with two attached hydrogens (primary N) is 1. The number of hydrazine groups is 1. The van der Waals surface area contributed by atoms with Crippen molar-refractivity contribution in [1.29, 1.82) is 0 Å². The van der Waals surface area contributed by atoms with Gasteiger partial charge >= 0.3 is 0 Å². The van der Waals surface area contributed by atoms with E-state index in [0.717, 1.165) is 0 Å². The third-order valence-electron chi connectivity index (χ3n) is 1.92. The zero-order valence-electron chi connectivity index (χ0n) is 8.36. The molecule has 15 heavy (non-hydrogen) atoms. The number of nitrogens with one attached hydrogen (secondary N) is 2. The normalized spacial score (nSPS) is 11.6. The largest absolute Gasteiger partial charge is 0.340 e. The summed E-state index contributed by atoms with van der Waals surface area (Å²) in [6.45, 7) is 1.56. The van der Waals surface area contributed by atoms with Gasteiger partial charge in [-0.05, 0) is 19.1 Å².